The van der Waals surface area contributed by atoms with Gasteiger partial charge in [0.15, 0.2) is 0 Å². The van der Waals surface area contributed by atoms with Gasteiger partial charge in [0, 0.05) is 0 Å². The van der Waals surface area contributed by atoms with Gasteiger partial charge in [-0.2, -0.15) is 0 Å². The van der Waals surface area contributed by atoms with E-state index in [1.165, 1.54) is 19.1 Å². The van der Waals surface area contributed by atoms with Gasteiger partial charge in [-0.05, 0) is 31.5 Å². The minimum atomic E-state index is -3.78. The number of nitrogens with two attached hydrogens (primary N) is 1. The number of rotatable bonds is 5. The molecule has 0 aliphatic carbocycles. The van der Waals surface area contributed by atoms with E-state index in [2.05, 4.69) is 0 Å². The molecule has 0 unspecified atom stereocenters. The van der Waals surface area contributed by atoms with Gasteiger partial charge in [-0.1, -0.05) is 6.07 Å². The Bertz CT molecular complexity index is 575. The number of nitrogens with one attached hydrogen (secondary N) is 1. The Balaban J connectivity index is 3.27. The van der Waals surface area contributed by atoms with Crippen LogP contribution in [0.25, 0.3) is 0 Å². The molecular weight excluding hydrogens is 273 g/mol. The first-order chi connectivity index (χ1) is 8.81. The van der Waals surface area contributed by atoms with E-state index in [-0.39, 0.29) is 11.4 Å². The zero-order chi connectivity index (χ0) is 14.6. The summed E-state index contributed by atoms with van der Waals surface area (Å²) >= 11 is 0. The highest BCUT2D eigenvalue weighted by molar-refractivity contribution is 7.92. The summed E-state index contributed by atoms with van der Waals surface area (Å²) in [5.41, 5.74) is 2.31. The number of amides is 1. The van der Waals surface area contributed by atoms with Gasteiger partial charge in [-0.15, -0.1) is 0 Å². The molecule has 0 heterocycles. The second kappa shape index (κ2) is 5.98. The molecule has 8 heteroatoms. The van der Waals surface area contributed by atoms with E-state index in [9.17, 15) is 17.6 Å². The summed E-state index contributed by atoms with van der Waals surface area (Å²) in [7, 11) is -3.78. The van der Waals surface area contributed by atoms with Crippen molar-refractivity contribution in [3.63, 3.8) is 0 Å². The molecule has 19 heavy (non-hydrogen) atoms. The second-order valence-electron chi connectivity index (χ2n) is 3.93. The lowest BCUT2D eigenvalue weighted by Gasteiger charge is -2.23. The van der Waals surface area contributed by atoms with Gasteiger partial charge in [0.1, 0.15) is 12.4 Å². The zero-order valence-corrected chi connectivity index (χ0v) is 11.5. The Morgan fingerprint density at radius 1 is 1.47 bits per heavy atom. The Labute approximate surface area is 111 Å². The predicted octanol–water partition coefficient (Wildman–Crippen LogP) is 0.280. The van der Waals surface area contributed by atoms with Crippen LogP contribution < -0.4 is 15.6 Å². The Morgan fingerprint density at radius 2 is 2.11 bits per heavy atom. The number of hydrogen-bond donors (Lipinski definition) is 2. The van der Waals surface area contributed by atoms with E-state index in [0.29, 0.717) is 9.87 Å². The maximum Gasteiger partial charge on any atom is 0.254 e. The molecule has 0 spiro atoms. The van der Waals surface area contributed by atoms with Crippen LogP contribution in [-0.4, -0.2) is 26.6 Å². The maximum atomic E-state index is 13.9. The van der Waals surface area contributed by atoms with Crippen molar-refractivity contribution in [2.45, 2.75) is 13.8 Å². The van der Waals surface area contributed by atoms with Crippen LogP contribution >= 0.6 is 0 Å². The second-order valence-corrected chi connectivity index (χ2v) is 6.11. The normalized spacial score (nSPS) is 11.2. The third-order valence-electron chi connectivity index (χ3n) is 2.52. The average molecular weight is 289 g/mol. The van der Waals surface area contributed by atoms with Gasteiger partial charge >= 0.3 is 0 Å². The fourth-order valence-electron chi connectivity index (χ4n) is 1.48. The molecule has 1 amide bonds. The minimum Gasteiger partial charge on any atom is -0.293 e. The molecule has 0 bridgehead atoms. The van der Waals surface area contributed by atoms with Gasteiger partial charge < -0.3 is 0 Å². The number of anilines is 1. The van der Waals surface area contributed by atoms with Crippen molar-refractivity contribution >= 4 is 21.6 Å². The first-order valence-corrected chi connectivity index (χ1v) is 7.18. The highest BCUT2D eigenvalue weighted by Crippen LogP contribution is 2.23. The number of carbonyl (C=O) groups excluding carboxylic acids is 1. The number of hydrogen-bond acceptors (Lipinski definition) is 4. The Morgan fingerprint density at radius 3 is 2.58 bits per heavy atom. The van der Waals surface area contributed by atoms with Crippen molar-refractivity contribution in [1.82, 2.24) is 5.43 Å². The third-order valence-corrected chi connectivity index (χ3v) is 4.25. The molecule has 0 saturated carbocycles. The molecule has 6 nitrogen and oxygen atoms in total. The summed E-state index contributed by atoms with van der Waals surface area (Å²) in [6, 6.07) is 4.09. The lowest BCUT2D eigenvalue weighted by molar-refractivity contribution is -0.119. The molecule has 0 radical (unpaired) electrons. The fourth-order valence-corrected chi connectivity index (χ4v) is 2.55. The average Bonchev–Trinajstić information content (AvgIpc) is 2.36. The lowest BCUT2D eigenvalue weighted by Crippen LogP contribution is -2.44. The Kier molecular flexibility index (Phi) is 4.84. The van der Waals surface area contributed by atoms with Crippen LogP contribution in [-0.2, 0) is 14.8 Å². The van der Waals surface area contributed by atoms with Gasteiger partial charge in [0.05, 0.1) is 11.4 Å². The number of hydrazine groups is 1. The number of nitrogens with zero attached hydrogens (tertiary/aromatic N) is 1. The summed E-state index contributed by atoms with van der Waals surface area (Å²) < 4.78 is 38.4. The highest BCUT2D eigenvalue weighted by atomic mass is 32.2. The van der Waals surface area contributed by atoms with Crippen LogP contribution in [0.1, 0.15) is 12.5 Å². The van der Waals surface area contributed by atoms with Gasteiger partial charge in [0.25, 0.3) is 5.91 Å². The van der Waals surface area contributed by atoms with Crippen LogP contribution in [0.3, 0.4) is 0 Å². The topological polar surface area (TPSA) is 92.5 Å². The number of sulfonamides is 1. The van der Waals surface area contributed by atoms with Crippen LogP contribution in [0.2, 0.25) is 0 Å². The molecule has 1 aromatic carbocycles. The van der Waals surface area contributed by atoms with E-state index in [1.807, 2.05) is 5.43 Å². The molecule has 0 fully saturated rings. The molecule has 0 aliphatic rings. The standard InChI is InChI=1S/C11H16FN3O3S/c1-3-19(17,18)15(7-11(16)14-13)10-5-4-8(2)6-9(10)12/h4-6H,3,7,13H2,1-2H3,(H,14,16). The van der Waals surface area contributed by atoms with E-state index < -0.39 is 28.3 Å². The summed E-state index contributed by atoms with van der Waals surface area (Å²) in [4.78, 5) is 11.3. The highest BCUT2D eigenvalue weighted by Gasteiger charge is 2.25. The monoisotopic (exact) mass is 289 g/mol. The van der Waals surface area contributed by atoms with Gasteiger partial charge in [-0.25, -0.2) is 18.7 Å². The van der Waals surface area contributed by atoms with Crippen molar-refractivity contribution in [3.05, 3.63) is 29.6 Å². The number of benzene rings is 1. The minimum absolute atomic E-state index is 0.170. The van der Waals surface area contributed by atoms with E-state index in [1.54, 1.807) is 13.0 Å². The smallest absolute Gasteiger partial charge is 0.254 e. The van der Waals surface area contributed by atoms with E-state index >= 15 is 0 Å². The molecule has 0 aliphatic heterocycles. The van der Waals surface area contributed by atoms with E-state index in [4.69, 9.17) is 5.84 Å². The van der Waals surface area contributed by atoms with Crippen molar-refractivity contribution in [2.75, 3.05) is 16.6 Å². The van der Waals surface area contributed by atoms with Gasteiger partial charge in [0.2, 0.25) is 10.0 Å². The first-order valence-electron chi connectivity index (χ1n) is 5.57. The lowest BCUT2D eigenvalue weighted by atomic mass is 10.2. The number of aryl methyl sites for hydroxylation is 1. The molecule has 106 valence electrons. The van der Waals surface area contributed by atoms with Crippen molar-refractivity contribution in [1.29, 1.82) is 0 Å². The summed E-state index contributed by atoms with van der Waals surface area (Å²) in [5.74, 6) is 3.25. The van der Waals surface area contributed by atoms with Crippen molar-refractivity contribution < 1.29 is 17.6 Å². The van der Waals surface area contributed by atoms with Crippen LogP contribution in [0.4, 0.5) is 10.1 Å². The molecule has 3 N–H and O–H groups in total. The first kappa shape index (κ1) is 15.4. The molecule has 0 saturated heterocycles. The summed E-state index contributed by atoms with van der Waals surface area (Å²) in [5, 5.41) is 0. The van der Waals surface area contributed by atoms with Crippen molar-refractivity contribution in [2.24, 2.45) is 5.84 Å². The number of halogens is 1. The van der Waals surface area contributed by atoms with Crippen LogP contribution in [0.5, 0.6) is 0 Å². The van der Waals surface area contributed by atoms with Crippen LogP contribution in [0.15, 0.2) is 18.2 Å². The molecule has 1 rings (SSSR count). The van der Waals surface area contributed by atoms with Gasteiger partial charge in [-0.3, -0.25) is 14.5 Å². The largest absolute Gasteiger partial charge is 0.293 e. The SMILES string of the molecule is CCS(=O)(=O)N(CC(=O)NN)c1ccc(C)cc1F. The Hall–Kier alpha value is -1.67. The van der Waals surface area contributed by atoms with Crippen molar-refractivity contribution in [3.8, 4) is 0 Å². The predicted molar refractivity (Wildman–Crippen MR) is 70.3 cm³/mol. The quantitative estimate of drug-likeness (QED) is 0.462. The molecular formula is C11H16FN3O3S. The zero-order valence-electron chi connectivity index (χ0n) is 10.7. The third kappa shape index (κ3) is 3.65. The molecule has 1 aromatic rings. The number of carbonyl (C=O) groups is 1. The summed E-state index contributed by atoms with van der Waals surface area (Å²) in [6.45, 7) is 2.53. The molecule has 0 atom stereocenters. The van der Waals surface area contributed by atoms with E-state index in [0.717, 1.165) is 0 Å². The van der Waals surface area contributed by atoms with Crippen LogP contribution in [0, 0.1) is 12.7 Å². The fraction of sp³-hybridized carbons (Fsp3) is 0.364. The molecule has 0 aromatic heterocycles. The maximum absolute atomic E-state index is 13.9. The summed E-state index contributed by atoms with van der Waals surface area (Å²) in [6.07, 6.45) is 0.